The Morgan fingerprint density at radius 1 is 0.750 bits per heavy atom. The van der Waals surface area contributed by atoms with Crippen molar-refractivity contribution in [1.82, 2.24) is 20.5 Å². The van der Waals surface area contributed by atoms with Crippen LogP contribution in [0.15, 0.2) is 96.2 Å². The fourth-order valence-corrected chi connectivity index (χ4v) is 4.23. The predicted molar refractivity (Wildman–Crippen MR) is 129 cm³/mol. The van der Waals surface area contributed by atoms with Crippen LogP contribution in [0.2, 0.25) is 0 Å². The predicted octanol–water partition coefficient (Wildman–Crippen LogP) is 5.56. The lowest BCUT2D eigenvalue weighted by atomic mass is 10.0. The highest BCUT2D eigenvalue weighted by atomic mass is 32.2. The molecule has 6 heteroatoms. The van der Waals surface area contributed by atoms with Crippen LogP contribution in [-0.2, 0) is 4.79 Å². The van der Waals surface area contributed by atoms with Crippen LogP contribution in [-0.4, -0.2) is 27.1 Å². The molecule has 0 radical (unpaired) electrons. The Bertz CT molecular complexity index is 1170. The number of hydrogen-bond donors (Lipinski definition) is 1. The zero-order valence-electron chi connectivity index (χ0n) is 18.0. The molecule has 0 fully saturated rings. The van der Waals surface area contributed by atoms with E-state index in [0.29, 0.717) is 10.9 Å². The van der Waals surface area contributed by atoms with E-state index in [1.54, 1.807) is 0 Å². The summed E-state index contributed by atoms with van der Waals surface area (Å²) >= 11 is 1.31. The molecule has 4 aromatic rings. The van der Waals surface area contributed by atoms with E-state index in [9.17, 15) is 4.79 Å². The molecule has 0 aliphatic heterocycles. The highest BCUT2D eigenvalue weighted by Crippen LogP contribution is 2.36. The van der Waals surface area contributed by atoms with Gasteiger partial charge >= 0.3 is 0 Å². The fraction of sp³-hybridized carbons (Fsp3) is 0.154. The minimum Gasteiger partial charge on any atom is -0.353 e. The largest absolute Gasteiger partial charge is 0.353 e. The van der Waals surface area contributed by atoms with Gasteiger partial charge in [-0.2, -0.15) is 0 Å². The first-order valence-electron chi connectivity index (χ1n) is 10.5. The van der Waals surface area contributed by atoms with Gasteiger partial charge in [-0.25, -0.2) is 4.98 Å². The SMILES string of the molecule is CC(C)NC(=O)C(Sc1nnc(-c2ccccc2)c(-c2ccccc2)n1)c1ccccc1. The number of hydrogen-bond acceptors (Lipinski definition) is 5. The summed E-state index contributed by atoms with van der Waals surface area (Å²) in [5, 5.41) is 11.9. The van der Waals surface area contributed by atoms with E-state index in [1.165, 1.54) is 11.8 Å². The first kappa shape index (κ1) is 21.7. The number of aromatic nitrogens is 3. The van der Waals surface area contributed by atoms with Gasteiger partial charge in [-0.3, -0.25) is 4.79 Å². The zero-order valence-corrected chi connectivity index (χ0v) is 18.8. The Morgan fingerprint density at radius 2 is 1.28 bits per heavy atom. The number of carbonyl (C=O) groups excluding carboxylic acids is 1. The van der Waals surface area contributed by atoms with Gasteiger partial charge in [0.2, 0.25) is 11.1 Å². The number of rotatable bonds is 7. The van der Waals surface area contributed by atoms with Crippen molar-refractivity contribution in [3.05, 3.63) is 96.6 Å². The van der Waals surface area contributed by atoms with Crippen molar-refractivity contribution >= 4 is 17.7 Å². The Labute approximate surface area is 192 Å². The third-order valence-corrected chi connectivity index (χ3v) is 5.86. The molecular weight excluding hydrogens is 416 g/mol. The second-order valence-corrected chi connectivity index (χ2v) is 8.67. The van der Waals surface area contributed by atoms with Crippen LogP contribution >= 0.6 is 11.8 Å². The first-order chi connectivity index (χ1) is 15.6. The highest BCUT2D eigenvalue weighted by molar-refractivity contribution is 8.00. The summed E-state index contributed by atoms with van der Waals surface area (Å²) in [4.78, 5) is 17.8. The van der Waals surface area contributed by atoms with Gasteiger partial charge in [0, 0.05) is 17.2 Å². The lowest BCUT2D eigenvalue weighted by Crippen LogP contribution is -2.33. The average Bonchev–Trinajstić information content (AvgIpc) is 2.83. The van der Waals surface area contributed by atoms with Gasteiger partial charge in [-0.15, -0.1) is 10.2 Å². The molecule has 1 unspecified atom stereocenters. The first-order valence-corrected chi connectivity index (χ1v) is 11.4. The number of benzene rings is 3. The number of nitrogens with one attached hydrogen (secondary N) is 1. The molecule has 1 aromatic heterocycles. The minimum absolute atomic E-state index is 0.0358. The summed E-state index contributed by atoms with van der Waals surface area (Å²) in [6, 6.07) is 29.5. The van der Waals surface area contributed by atoms with Gasteiger partial charge in [0.1, 0.15) is 16.6 Å². The molecular formula is C26H24N4OS. The van der Waals surface area contributed by atoms with Crippen molar-refractivity contribution in [3.63, 3.8) is 0 Å². The molecule has 1 N–H and O–H groups in total. The van der Waals surface area contributed by atoms with Crippen molar-refractivity contribution in [1.29, 1.82) is 0 Å². The number of amides is 1. The molecule has 5 nitrogen and oxygen atoms in total. The second-order valence-electron chi connectivity index (χ2n) is 7.60. The van der Waals surface area contributed by atoms with Crippen molar-refractivity contribution in [2.24, 2.45) is 0 Å². The third kappa shape index (κ3) is 5.21. The molecule has 160 valence electrons. The second kappa shape index (κ2) is 10.2. The lowest BCUT2D eigenvalue weighted by Gasteiger charge is -2.18. The number of carbonyl (C=O) groups is 1. The molecule has 0 aliphatic carbocycles. The Hall–Kier alpha value is -3.51. The molecule has 0 saturated carbocycles. The van der Waals surface area contributed by atoms with Crippen molar-refractivity contribution in [2.75, 3.05) is 0 Å². The van der Waals surface area contributed by atoms with E-state index >= 15 is 0 Å². The molecule has 1 amide bonds. The molecule has 0 aliphatic rings. The molecule has 0 bridgehead atoms. The minimum atomic E-state index is -0.480. The summed E-state index contributed by atoms with van der Waals surface area (Å²) in [7, 11) is 0. The van der Waals surface area contributed by atoms with E-state index in [-0.39, 0.29) is 11.9 Å². The maximum Gasteiger partial charge on any atom is 0.238 e. The summed E-state index contributed by atoms with van der Waals surface area (Å²) in [6.45, 7) is 3.90. The maximum atomic E-state index is 13.0. The molecule has 1 atom stereocenters. The van der Waals surface area contributed by atoms with Crippen LogP contribution in [0.4, 0.5) is 0 Å². The normalized spacial score (nSPS) is 11.8. The summed E-state index contributed by atoms with van der Waals surface area (Å²) in [5.41, 5.74) is 4.24. The molecule has 32 heavy (non-hydrogen) atoms. The van der Waals surface area contributed by atoms with E-state index in [1.807, 2.05) is 105 Å². The topological polar surface area (TPSA) is 67.8 Å². The Morgan fingerprint density at radius 3 is 1.84 bits per heavy atom. The standard InChI is InChI=1S/C26H24N4OS/c1-18(2)27-25(31)24(21-16-10-5-11-17-21)32-26-28-22(19-12-6-3-7-13-19)23(29-30-26)20-14-8-4-9-15-20/h3-18,24H,1-2H3,(H,27,31). The van der Waals surface area contributed by atoms with Crippen molar-refractivity contribution in [3.8, 4) is 22.5 Å². The van der Waals surface area contributed by atoms with Gasteiger partial charge in [0.25, 0.3) is 0 Å². The fourth-order valence-electron chi connectivity index (χ4n) is 3.32. The number of nitrogens with zero attached hydrogens (tertiary/aromatic N) is 3. The van der Waals surface area contributed by atoms with Gasteiger partial charge in [0.15, 0.2) is 0 Å². The highest BCUT2D eigenvalue weighted by Gasteiger charge is 2.25. The Balaban J connectivity index is 1.75. The quantitative estimate of drug-likeness (QED) is 0.381. The summed E-state index contributed by atoms with van der Waals surface area (Å²) < 4.78 is 0. The van der Waals surface area contributed by atoms with Gasteiger partial charge < -0.3 is 5.32 Å². The van der Waals surface area contributed by atoms with Crippen LogP contribution in [0.25, 0.3) is 22.5 Å². The van der Waals surface area contributed by atoms with Crippen molar-refractivity contribution < 1.29 is 4.79 Å². The van der Waals surface area contributed by atoms with Crippen LogP contribution < -0.4 is 5.32 Å². The average molecular weight is 441 g/mol. The molecule has 4 rings (SSSR count). The van der Waals surface area contributed by atoms with Crippen LogP contribution in [0, 0.1) is 0 Å². The maximum absolute atomic E-state index is 13.0. The summed E-state index contributed by atoms with van der Waals surface area (Å²) in [6.07, 6.45) is 0. The van der Waals surface area contributed by atoms with E-state index in [4.69, 9.17) is 4.98 Å². The lowest BCUT2D eigenvalue weighted by molar-refractivity contribution is -0.121. The van der Waals surface area contributed by atoms with Crippen LogP contribution in [0.1, 0.15) is 24.7 Å². The molecule has 1 heterocycles. The van der Waals surface area contributed by atoms with E-state index in [2.05, 4.69) is 15.5 Å². The monoisotopic (exact) mass is 440 g/mol. The zero-order chi connectivity index (χ0) is 22.3. The Kier molecular flexibility index (Phi) is 6.92. The van der Waals surface area contributed by atoms with E-state index in [0.717, 1.165) is 22.4 Å². The molecule has 0 spiro atoms. The summed E-state index contributed by atoms with van der Waals surface area (Å²) in [5.74, 6) is -0.0757. The molecule has 0 saturated heterocycles. The smallest absolute Gasteiger partial charge is 0.238 e. The third-order valence-electron chi connectivity index (χ3n) is 4.76. The van der Waals surface area contributed by atoms with Crippen LogP contribution in [0.3, 0.4) is 0 Å². The molecule has 3 aromatic carbocycles. The van der Waals surface area contributed by atoms with Crippen LogP contribution in [0.5, 0.6) is 0 Å². The van der Waals surface area contributed by atoms with Crippen molar-refractivity contribution in [2.45, 2.75) is 30.3 Å². The van der Waals surface area contributed by atoms with Gasteiger partial charge in [0.05, 0.1) is 0 Å². The van der Waals surface area contributed by atoms with E-state index < -0.39 is 5.25 Å². The number of thioether (sulfide) groups is 1. The van der Waals surface area contributed by atoms with Gasteiger partial charge in [-0.05, 0) is 19.4 Å². The van der Waals surface area contributed by atoms with Gasteiger partial charge in [-0.1, -0.05) is 103 Å².